The molecule has 0 radical (unpaired) electrons. The van der Waals surface area contributed by atoms with Gasteiger partial charge < -0.3 is 5.32 Å². The number of nitrogens with one attached hydrogen (secondary N) is 3. The molecule has 1 heterocycles. The number of hydrogen-bond acceptors (Lipinski definition) is 4. The van der Waals surface area contributed by atoms with Crippen LogP contribution < -0.4 is 16.2 Å². The summed E-state index contributed by atoms with van der Waals surface area (Å²) in [5, 5.41) is 2.49. The summed E-state index contributed by atoms with van der Waals surface area (Å²) in [5.74, 6) is -1.23. The minimum Gasteiger partial charge on any atom is -0.324 e. The van der Waals surface area contributed by atoms with Gasteiger partial charge in [-0.15, -0.1) is 11.8 Å². The zero-order valence-electron chi connectivity index (χ0n) is 12.9. The maximum absolute atomic E-state index is 12.1. The van der Waals surface area contributed by atoms with Crippen molar-refractivity contribution in [2.24, 2.45) is 0 Å². The van der Waals surface area contributed by atoms with E-state index in [1.54, 1.807) is 30.3 Å². The summed E-state index contributed by atoms with van der Waals surface area (Å²) in [4.78, 5) is 37.0. The second kappa shape index (κ2) is 7.58. The van der Waals surface area contributed by atoms with E-state index >= 15 is 0 Å². The minimum absolute atomic E-state index is 0.0619. The van der Waals surface area contributed by atoms with E-state index in [1.165, 1.54) is 11.8 Å². The van der Waals surface area contributed by atoms with Crippen molar-refractivity contribution in [3.05, 3.63) is 59.1 Å². The molecular weight excluding hydrogens is 362 g/mol. The number of hydrogen-bond donors (Lipinski definition) is 3. The van der Waals surface area contributed by atoms with Crippen molar-refractivity contribution >= 4 is 46.8 Å². The molecule has 25 heavy (non-hydrogen) atoms. The molecule has 0 unspecified atom stereocenters. The highest BCUT2D eigenvalue weighted by molar-refractivity contribution is 8.01. The van der Waals surface area contributed by atoms with Crippen LogP contribution in [0.15, 0.2) is 53.4 Å². The van der Waals surface area contributed by atoms with Gasteiger partial charge in [0.2, 0.25) is 11.8 Å². The van der Waals surface area contributed by atoms with Crippen molar-refractivity contribution in [1.82, 2.24) is 10.9 Å². The number of amides is 3. The highest BCUT2D eigenvalue weighted by Crippen LogP contribution is 2.36. The smallest absolute Gasteiger partial charge is 0.271 e. The molecule has 6 nitrogen and oxygen atoms in total. The molecule has 128 valence electrons. The Morgan fingerprint density at radius 3 is 2.60 bits per heavy atom. The van der Waals surface area contributed by atoms with Crippen LogP contribution in [0.3, 0.4) is 0 Å². The molecule has 3 N–H and O–H groups in total. The molecule has 0 aromatic heterocycles. The van der Waals surface area contributed by atoms with Crippen LogP contribution in [0.5, 0.6) is 0 Å². The monoisotopic (exact) mass is 375 g/mol. The van der Waals surface area contributed by atoms with Gasteiger partial charge in [-0.3, -0.25) is 25.2 Å². The molecule has 1 aliphatic heterocycles. The number of anilines is 1. The molecule has 2 aromatic carbocycles. The van der Waals surface area contributed by atoms with Crippen LogP contribution >= 0.6 is 23.4 Å². The Labute approximate surface area is 153 Å². The van der Waals surface area contributed by atoms with Crippen molar-refractivity contribution in [2.45, 2.75) is 16.6 Å². The van der Waals surface area contributed by atoms with E-state index < -0.39 is 17.1 Å². The predicted octanol–water partition coefficient (Wildman–Crippen LogP) is 2.60. The summed E-state index contributed by atoms with van der Waals surface area (Å²) in [5.41, 5.74) is 5.60. The van der Waals surface area contributed by atoms with Gasteiger partial charge >= 0.3 is 0 Å². The molecule has 2 aromatic rings. The van der Waals surface area contributed by atoms with Crippen molar-refractivity contribution < 1.29 is 14.4 Å². The topological polar surface area (TPSA) is 87.3 Å². The summed E-state index contributed by atoms with van der Waals surface area (Å²) in [6.07, 6.45) is -0.0619. The van der Waals surface area contributed by atoms with Gasteiger partial charge in [0, 0.05) is 11.3 Å². The Kier molecular flexibility index (Phi) is 5.25. The van der Waals surface area contributed by atoms with Gasteiger partial charge in [-0.05, 0) is 24.3 Å². The SMILES string of the molecule is O=C(C[C@@H]1Sc2ccccc2NC1=O)NNC(=O)c1ccccc1Cl. The Hall–Kier alpha value is -2.51. The van der Waals surface area contributed by atoms with Crippen molar-refractivity contribution in [1.29, 1.82) is 0 Å². The standard InChI is InChI=1S/C17H14ClN3O3S/c18-11-6-2-1-5-10(11)16(23)21-20-15(22)9-14-17(24)19-12-7-3-4-8-13(12)25-14/h1-8,14H,9H2,(H,19,24)(H,20,22)(H,21,23)/t14-/m0/s1. The number of carbonyl (C=O) groups is 3. The third-order valence-electron chi connectivity index (χ3n) is 3.51. The van der Waals surface area contributed by atoms with Gasteiger partial charge in [-0.25, -0.2) is 0 Å². The van der Waals surface area contributed by atoms with Crippen LogP contribution in [0.25, 0.3) is 0 Å². The fourth-order valence-corrected chi connectivity index (χ4v) is 3.62. The van der Waals surface area contributed by atoms with Crippen LogP contribution in [0.1, 0.15) is 16.8 Å². The lowest BCUT2D eigenvalue weighted by molar-refractivity contribution is -0.124. The number of halogens is 1. The molecule has 1 aliphatic rings. The minimum atomic E-state index is -0.563. The second-order valence-corrected chi connectivity index (χ2v) is 6.93. The lowest BCUT2D eigenvalue weighted by Crippen LogP contribution is -2.44. The first-order valence-corrected chi connectivity index (χ1v) is 8.70. The number of carbonyl (C=O) groups excluding carboxylic acids is 3. The molecule has 8 heteroatoms. The zero-order chi connectivity index (χ0) is 17.8. The number of benzene rings is 2. The first-order valence-electron chi connectivity index (χ1n) is 7.45. The normalized spacial score (nSPS) is 15.7. The first kappa shape index (κ1) is 17.3. The molecule has 0 saturated carbocycles. The summed E-state index contributed by atoms with van der Waals surface area (Å²) in [7, 11) is 0. The van der Waals surface area contributed by atoms with E-state index in [1.807, 2.05) is 18.2 Å². The first-order chi connectivity index (χ1) is 12.0. The highest BCUT2D eigenvalue weighted by Gasteiger charge is 2.28. The number of rotatable bonds is 3. The van der Waals surface area contributed by atoms with Crippen LogP contribution in [-0.4, -0.2) is 23.0 Å². The zero-order valence-corrected chi connectivity index (χ0v) is 14.5. The molecule has 0 aliphatic carbocycles. The van der Waals surface area contributed by atoms with E-state index in [0.29, 0.717) is 0 Å². The Morgan fingerprint density at radius 2 is 1.80 bits per heavy atom. The van der Waals surface area contributed by atoms with E-state index in [-0.39, 0.29) is 22.9 Å². The van der Waals surface area contributed by atoms with Crippen LogP contribution in [0.4, 0.5) is 5.69 Å². The van der Waals surface area contributed by atoms with E-state index in [2.05, 4.69) is 16.2 Å². The maximum Gasteiger partial charge on any atom is 0.271 e. The quantitative estimate of drug-likeness (QED) is 0.719. The van der Waals surface area contributed by atoms with Crippen LogP contribution in [0.2, 0.25) is 5.02 Å². The summed E-state index contributed by atoms with van der Waals surface area (Å²) in [6.45, 7) is 0. The Morgan fingerprint density at radius 1 is 1.08 bits per heavy atom. The predicted molar refractivity (Wildman–Crippen MR) is 96.4 cm³/mol. The summed E-state index contributed by atoms with van der Waals surface area (Å²) < 4.78 is 0. The number of thioether (sulfide) groups is 1. The number of fused-ring (bicyclic) bond motifs is 1. The van der Waals surface area contributed by atoms with E-state index in [9.17, 15) is 14.4 Å². The van der Waals surface area contributed by atoms with Crippen molar-refractivity contribution in [3.63, 3.8) is 0 Å². The molecule has 3 rings (SSSR count). The van der Waals surface area contributed by atoms with Gasteiger partial charge in [-0.1, -0.05) is 35.9 Å². The van der Waals surface area contributed by atoms with E-state index in [0.717, 1.165) is 10.6 Å². The fourth-order valence-electron chi connectivity index (χ4n) is 2.29. The molecular formula is C17H14ClN3O3S. The molecule has 3 amide bonds. The summed E-state index contributed by atoms with van der Waals surface area (Å²) >= 11 is 7.25. The van der Waals surface area contributed by atoms with Crippen molar-refractivity contribution in [2.75, 3.05) is 5.32 Å². The van der Waals surface area contributed by atoms with Crippen molar-refractivity contribution in [3.8, 4) is 0 Å². The Balaban J connectivity index is 1.56. The molecule has 0 fully saturated rings. The lowest BCUT2D eigenvalue weighted by atomic mass is 10.2. The van der Waals surface area contributed by atoms with Gasteiger partial charge in [0.25, 0.3) is 5.91 Å². The molecule has 0 bridgehead atoms. The molecule has 1 atom stereocenters. The lowest BCUT2D eigenvalue weighted by Gasteiger charge is -2.23. The van der Waals surface area contributed by atoms with E-state index in [4.69, 9.17) is 11.6 Å². The second-order valence-electron chi connectivity index (χ2n) is 5.28. The maximum atomic E-state index is 12.1. The average Bonchev–Trinajstić information content (AvgIpc) is 2.61. The average molecular weight is 376 g/mol. The third kappa shape index (κ3) is 4.12. The fraction of sp³-hybridized carbons (Fsp3) is 0.118. The molecule has 0 saturated heterocycles. The number of hydrazine groups is 1. The van der Waals surface area contributed by atoms with Gasteiger partial charge in [0.15, 0.2) is 0 Å². The Bertz CT molecular complexity index is 843. The third-order valence-corrected chi connectivity index (χ3v) is 5.12. The van der Waals surface area contributed by atoms with Crippen LogP contribution in [0, 0.1) is 0 Å². The summed E-state index contributed by atoms with van der Waals surface area (Å²) in [6, 6.07) is 13.9. The van der Waals surface area contributed by atoms with Crippen LogP contribution in [-0.2, 0) is 9.59 Å². The van der Waals surface area contributed by atoms with Gasteiger partial charge in [-0.2, -0.15) is 0 Å². The molecule has 0 spiro atoms. The highest BCUT2D eigenvalue weighted by atomic mass is 35.5. The van der Waals surface area contributed by atoms with Gasteiger partial charge in [0.1, 0.15) is 0 Å². The largest absolute Gasteiger partial charge is 0.324 e. The number of para-hydroxylation sites is 1. The van der Waals surface area contributed by atoms with Gasteiger partial charge in [0.05, 0.1) is 21.5 Å².